The molecule has 0 radical (unpaired) electrons. The molecule has 1 aliphatic rings. The lowest BCUT2D eigenvalue weighted by molar-refractivity contribution is -0.126. The van der Waals surface area contributed by atoms with Crippen molar-refractivity contribution in [1.82, 2.24) is 5.32 Å². The van der Waals surface area contributed by atoms with E-state index in [1.807, 2.05) is 12.1 Å². The van der Waals surface area contributed by atoms with Gasteiger partial charge in [-0.2, -0.15) is 0 Å². The Morgan fingerprint density at radius 3 is 2.55 bits per heavy atom. The average molecular weight is 274 g/mol. The summed E-state index contributed by atoms with van der Waals surface area (Å²) in [6.07, 6.45) is 3.16. The molecule has 3 heteroatoms. The van der Waals surface area contributed by atoms with E-state index in [-0.39, 0.29) is 11.3 Å². The summed E-state index contributed by atoms with van der Waals surface area (Å²) in [7, 11) is 0. The molecular weight excluding hydrogens is 248 g/mol. The van der Waals surface area contributed by atoms with E-state index in [4.69, 9.17) is 0 Å². The van der Waals surface area contributed by atoms with Crippen molar-refractivity contribution in [3.8, 4) is 0 Å². The van der Waals surface area contributed by atoms with Crippen molar-refractivity contribution >= 4 is 11.6 Å². The highest BCUT2D eigenvalue weighted by molar-refractivity contribution is 5.96. The van der Waals surface area contributed by atoms with Crippen molar-refractivity contribution in [3.63, 3.8) is 0 Å². The lowest BCUT2D eigenvalue weighted by atomic mass is 9.75. The van der Waals surface area contributed by atoms with Crippen LogP contribution in [0.25, 0.3) is 0 Å². The topological polar surface area (TPSA) is 41.1 Å². The largest absolute Gasteiger partial charge is 0.326 e. The Balaban J connectivity index is 2.06. The van der Waals surface area contributed by atoms with E-state index in [0.717, 1.165) is 38.0 Å². The standard InChI is InChI=1S/C17H26N2O/c1-4-5-14-6-8-15(9-7-14)19-16(20)17(13(2)3)10-11-18-12-17/h6-9,13,18H,4-5,10-12H2,1-3H3,(H,19,20). The molecule has 1 saturated heterocycles. The van der Waals surface area contributed by atoms with E-state index in [1.54, 1.807) is 0 Å². The van der Waals surface area contributed by atoms with Crippen LogP contribution >= 0.6 is 0 Å². The fourth-order valence-electron chi connectivity index (χ4n) is 2.96. The van der Waals surface area contributed by atoms with Gasteiger partial charge in [0.05, 0.1) is 5.41 Å². The highest BCUT2D eigenvalue weighted by Gasteiger charge is 2.43. The highest BCUT2D eigenvalue weighted by atomic mass is 16.2. The Kier molecular flexibility index (Phi) is 4.81. The van der Waals surface area contributed by atoms with Gasteiger partial charge in [0.2, 0.25) is 5.91 Å². The van der Waals surface area contributed by atoms with Crippen molar-refractivity contribution in [2.45, 2.75) is 40.0 Å². The molecule has 1 aromatic rings. The minimum absolute atomic E-state index is 0.153. The van der Waals surface area contributed by atoms with Crippen LogP contribution in [0.1, 0.15) is 39.2 Å². The summed E-state index contributed by atoms with van der Waals surface area (Å²) < 4.78 is 0. The molecule has 1 heterocycles. The second-order valence-electron chi connectivity index (χ2n) is 6.14. The summed E-state index contributed by atoms with van der Waals surface area (Å²) in [4.78, 5) is 12.6. The number of carbonyl (C=O) groups excluding carboxylic acids is 1. The van der Waals surface area contributed by atoms with Crippen LogP contribution in [0.2, 0.25) is 0 Å². The molecule has 1 aliphatic heterocycles. The number of aryl methyl sites for hydroxylation is 1. The predicted molar refractivity (Wildman–Crippen MR) is 83.8 cm³/mol. The van der Waals surface area contributed by atoms with Gasteiger partial charge in [-0.1, -0.05) is 39.3 Å². The number of hydrogen-bond acceptors (Lipinski definition) is 2. The minimum Gasteiger partial charge on any atom is -0.326 e. The summed E-state index contributed by atoms with van der Waals surface area (Å²) in [6, 6.07) is 8.24. The highest BCUT2D eigenvalue weighted by Crippen LogP contribution is 2.35. The molecule has 0 saturated carbocycles. The maximum atomic E-state index is 12.6. The Labute approximate surface area is 122 Å². The van der Waals surface area contributed by atoms with E-state index in [2.05, 4.69) is 43.5 Å². The van der Waals surface area contributed by atoms with Crippen LogP contribution in [-0.2, 0) is 11.2 Å². The maximum absolute atomic E-state index is 12.6. The lowest BCUT2D eigenvalue weighted by Gasteiger charge is -2.31. The van der Waals surface area contributed by atoms with E-state index in [1.165, 1.54) is 5.56 Å². The van der Waals surface area contributed by atoms with Gasteiger partial charge in [-0.05, 0) is 43.0 Å². The first-order valence-electron chi connectivity index (χ1n) is 7.69. The van der Waals surface area contributed by atoms with Gasteiger partial charge in [-0.3, -0.25) is 4.79 Å². The Hall–Kier alpha value is -1.35. The number of anilines is 1. The molecule has 20 heavy (non-hydrogen) atoms. The molecule has 0 bridgehead atoms. The van der Waals surface area contributed by atoms with Crippen LogP contribution in [0, 0.1) is 11.3 Å². The van der Waals surface area contributed by atoms with Crippen LogP contribution in [0.15, 0.2) is 24.3 Å². The van der Waals surface area contributed by atoms with Gasteiger partial charge in [-0.15, -0.1) is 0 Å². The summed E-state index contributed by atoms with van der Waals surface area (Å²) in [5.74, 6) is 0.498. The zero-order valence-corrected chi connectivity index (χ0v) is 12.8. The first-order chi connectivity index (χ1) is 9.58. The Morgan fingerprint density at radius 2 is 2.05 bits per heavy atom. The van der Waals surface area contributed by atoms with E-state index in [9.17, 15) is 4.79 Å². The number of hydrogen-bond donors (Lipinski definition) is 2. The van der Waals surface area contributed by atoms with Crippen LogP contribution in [0.4, 0.5) is 5.69 Å². The Bertz CT molecular complexity index is 445. The second-order valence-corrected chi connectivity index (χ2v) is 6.14. The summed E-state index contributed by atoms with van der Waals surface area (Å²) >= 11 is 0. The normalized spacial score (nSPS) is 22.2. The molecule has 1 amide bonds. The first-order valence-corrected chi connectivity index (χ1v) is 7.69. The SMILES string of the molecule is CCCc1ccc(NC(=O)C2(C(C)C)CCNC2)cc1. The van der Waals surface area contributed by atoms with Gasteiger partial charge >= 0.3 is 0 Å². The molecule has 110 valence electrons. The number of benzene rings is 1. The third-order valence-electron chi connectivity index (χ3n) is 4.50. The number of nitrogens with one attached hydrogen (secondary N) is 2. The van der Waals surface area contributed by atoms with Crippen LogP contribution in [0.3, 0.4) is 0 Å². The van der Waals surface area contributed by atoms with E-state index < -0.39 is 0 Å². The van der Waals surface area contributed by atoms with Crippen LogP contribution in [-0.4, -0.2) is 19.0 Å². The zero-order valence-electron chi connectivity index (χ0n) is 12.8. The van der Waals surface area contributed by atoms with Gasteiger partial charge in [0.1, 0.15) is 0 Å². The summed E-state index contributed by atoms with van der Waals surface area (Å²) in [6.45, 7) is 8.16. The van der Waals surface area contributed by atoms with E-state index in [0.29, 0.717) is 5.92 Å². The second kappa shape index (κ2) is 6.40. The number of amides is 1. The number of carbonyl (C=O) groups is 1. The molecule has 1 atom stereocenters. The quantitative estimate of drug-likeness (QED) is 0.865. The van der Waals surface area contributed by atoms with Gasteiger partial charge in [0.25, 0.3) is 0 Å². The van der Waals surface area contributed by atoms with Crippen molar-refractivity contribution in [3.05, 3.63) is 29.8 Å². The maximum Gasteiger partial charge on any atom is 0.232 e. The fraction of sp³-hybridized carbons (Fsp3) is 0.588. The molecule has 0 spiro atoms. The van der Waals surface area contributed by atoms with Crippen molar-refractivity contribution in [1.29, 1.82) is 0 Å². The third-order valence-corrected chi connectivity index (χ3v) is 4.50. The van der Waals surface area contributed by atoms with Crippen LogP contribution < -0.4 is 10.6 Å². The monoisotopic (exact) mass is 274 g/mol. The van der Waals surface area contributed by atoms with E-state index >= 15 is 0 Å². The Morgan fingerprint density at radius 1 is 1.35 bits per heavy atom. The van der Waals surface area contributed by atoms with Gasteiger partial charge in [0, 0.05) is 12.2 Å². The molecule has 0 aromatic heterocycles. The van der Waals surface area contributed by atoms with Gasteiger partial charge in [-0.25, -0.2) is 0 Å². The fourth-order valence-corrected chi connectivity index (χ4v) is 2.96. The van der Waals surface area contributed by atoms with Gasteiger partial charge in [0.15, 0.2) is 0 Å². The molecule has 1 fully saturated rings. The third kappa shape index (κ3) is 3.04. The summed E-state index contributed by atoms with van der Waals surface area (Å²) in [5, 5.41) is 6.42. The van der Waals surface area contributed by atoms with Crippen molar-refractivity contribution < 1.29 is 4.79 Å². The van der Waals surface area contributed by atoms with Crippen molar-refractivity contribution in [2.24, 2.45) is 11.3 Å². The lowest BCUT2D eigenvalue weighted by Crippen LogP contribution is -2.42. The zero-order chi connectivity index (χ0) is 14.6. The number of rotatable bonds is 5. The molecule has 0 aliphatic carbocycles. The smallest absolute Gasteiger partial charge is 0.232 e. The first kappa shape index (κ1) is 15.0. The molecule has 1 unspecified atom stereocenters. The van der Waals surface area contributed by atoms with Gasteiger partial charge < -0.3 is 10.6 Å². The molecular formula is C17H26N2O. The molecule has 2 N–H and O–H groups in total. The molecule has 1 aromatic carbocycles. The molecule has 3 nitrogen and oxygen atoms in total. The predicted octanol–water partition coefficient (Wildman–Crippen LogP) is 3.21. The molecule has 2 rings (SSSR count). The van der Waals surface area contributed by atoms with Crippen molar-refractivity contribution in [2.75, 3.05) is 18.4 Å². The average Bonchev–Trinajstić information content (AvgIpc) is 2.92. The minimum atomic E-state index is -0.262. The van der Waals surface area contributed by atoms with Crippen LogP contribution in [0.5, 0.6) is 0 Å². The summed E-state index contributed by atoms with van der Waals surface area (Å²) in [5.41, 5.74) is 1.97.